The Kier molecular flexibility index (Phi) is 9.02. The first-order valence-corrected chi connectivity index (χ1v) is 13.0. The third-order valence-electron chi connectivity index (χ3n) is 7.01. The molecule has 0 radical (unpaired) electrons. The molecule has 0 bridgehead atoms. The van der Waals surface area contributed by atoms with E-state index in [9.17, 15) is 18.0 Å². The fourth-order valence-corrected chi connectivity index (χ4v) is 5.08. The molecule has 0 unspecified atom stereocenters. The van der Waals surface area contributed by atoms with Gasteiger partial charge in [-0.15, -0.1) is 0 Å². The molecule has 4 atom stereocenters. The number of carbonyl (C=O) groups excluding carboxylic acids is 1. The van der Waals surface area contributed by atoms with E-state index < -0.39 is 47.3 Å². The standard InChI is InChI=1S/C29H36F3NO6/c1-19-8-10-20(11-9-19)17-36-23-15-28(26(34)33-12-13-35-4,16-24-25(23)39-27(2,3)38-24)37-18-21-6-5-7-22(14-21)29(30,31)32/h5-11,14,23-25H,12-13,15-18H2,1-4H3,(H,33,34)/t23-,24-,25+,28-/m1/s1. The number of hydrogen-bond donors (Lipinski definition) is 1. The molecule has 1 saturated carbocycles. The summed E-state index contributed by atoms with van der Waals surface area (Å²) in [5.41, 5.74) is 0.184. The van der Waals surface area contributed by atoms with Crippen LogP contribution < -0.4 is 5.32 Å². The number of nitrogens with one attached hydrogen (secondary N) is 1. The monoisotopic (exact) mass is 551 g/mol. The van der Waals surface area contributed by atoms with Crippen LogP contribution in [-0.2, 0) is 47.9 Å². The highest BCUT2D eigenvalue weighted by Crippen LogP contribution is 2.44. The Bertz CT molecular complexity index is 1120. The van der Waals surface area contributed by atoms with E-state index in [1.807, 2.05) is 31.2 Å². The summed E-state index contributed by atoms with van der Waals surface area (Å²) in [5.74, 6) is -1.30. The first-order chi connectivity index (χ1) is 18.4. The highest BCUT2D eigenvalue weighted by molar-refractivity contribution is 5.85. The highest BCUT2D eigenvalue weighted by Gasteiger charge is 2.58. The first kappa shape index (κ1) is 29.5. The molecule has 1 saturated heterocycles. The van der Waals surface area contributed by atoms with Crippen LogP contribution >= 0.6 is 0 Å². The summed E-state index contributed by atoms with van der Waals surface area (Å²) in [6.07, 6.45) is -5.73. The zero-order valence-electron chi connectivity index (χ0n) is 22.7. The van der Waals surface area contributed by atoms with E-state index >= 15 is 0 Å². The van der Waals surface area contributed by atoms with Crippen LogP contribution in [0.1, 0.15) is 48.9 Å². The van der Waals surface area contributed by atoms with Crippen molar-refractivity contribution >= 4 is 5.91 Å². The Morgan fingerprint density at radius 2 is 1.79 bits per heavy atom. The molecule has 1 N–H and O–H groups in total. The number of aryl methyl sites for hydroxylation is 1. The molecular weight excluding hydrogens is 515 g/mol. The van der Waals surface area contributed by atoms with Gasteiger partial charge in [0.05, 0.1) is 37.6 Å². The molecular formula is C29H36F3NO6. The highest BCUT2D eigenvalue weighted by atomic mass is 19.4. The van der Waals surface area contributed by atoms with Crippen molar-refractivity contribution in [3.63, 3.8) is 0 Å². The average molecular weight is 552 g/mol. The van der Waals surface area contributed by atoms with Crippen LogP contribution in [0.4, 0.5) is 13.2 Å². The van der Waals surface area contributed by atoms with Crippen molar-refractivity contribution in [1.29, 1.82) is 0 Å². The van der Waals surface area contributed by atoms with Gasteiger partial charge in [0.15, 0.2) is 11.4 Å². The van der Waals surface area contributed by atoms with Crippen LogP contribution in [-0.4, -0.2) is 55.9 Å². The van der Waals surface area contributed by atoms with Gasteiger partial charge in [-0.25, -0.2) is 0 Å². The molecule has 0 aromatic heterocycles. The summed E-state index contributed by atoms with van der Waals surface area (Å²) in [6.45, 7) is 6.22. The summed E-state index contributed by atoms with van der Waals surface area (Å²) in [7, 11) is 1.53. The summed E-state index contributed by atoms with van der Waals surface area (Å²) >= 11 is 0. The number of halogens is 3. The average Bonchev–Trinajstić information content (AvgIpc) is 3.20. The maximum absolute atomic E-state index is 13.6. The second-order valence-electron chi connectivity index (χ2n) is 10.6. The molecule has 1 aliphatic heterocycles. The van der Waals surface area contributed by atoms with Gasteiger partial charge >= 0.3 is 6.18 Å². The molecule has 2 aromatic rings. The Labute approximate surface area is 226 Å². The maximum atomic E-state index is 13.6. The number of benzene rings is 2. The van der Waals surface area contributed by atoms with Gasteiger partial charge in [-0.2, -0.15) is 13.2 Å². The van der Waals surface area contributed by atoms with Crippen LogP contribution in [0.3, 0.4) is 0 Å². The third kappa shape index (κ3) is 7.37. The molecule has 1 amide bonds. The second kappa shape index (κ2) is 11.9. The van der Waals surface area contributed by atoms with Gasteiger partial charge in [0, 0.05) is 26.5 Å². The minimum absolute atomic E-state index is 0.136. The number of fused-ring (bicyclic) bond motifs is 1. The molecule has 1 aliphatic carbocycles. The number of methoxy groups -OCH3 is 1. The molecule has 39 heavy (non-hydrogen) atoms. The molecule has 7 nitrogen and oxygen atoms in total. The topological polar surface area (TPSA) is 75.3 Å². The summed E-state index contributed by atoms with van der Waals surface area (Å²) in [6, 6.07) is 12.8. The van der Waals surface area contributed by atoms with Crippen molar-refractivity contribution in [2.45, 2.75) is 82.7 Å². The van der Waals surface area contributed by atoms with Crippen molar-refractivity contribution < 1.29 is 41.7 Å². The lowest BCUT2D eigenvalue weighted by atomic mass is 9.78. The predicted octanol–water partition coefficient (Wildman–Crippen LogP) is 4.93. The Hall–Kier alpha value is -2.50. The number of ether oxygens (including phenoxy) is 5. The van der Waals surface area contributed by atoms with Crippen LogP contribution in [0, 0.1) is 6.92 Å². The van der Waals surface area contributed by atoms with Crippen molar-refractivity contribution in [2.75, 3.05) is 20.3 Å². The lowest BCUT2D eigenvalue weighted by molar-refractivity contribution is -0.183. The molecule has 1 heterocycles. The second-order valence-corrected chi connectivity index (χ2v) is 10.6. The van der Waals surface area contributed by atoms with Crippen molar-refractivity contribution in [3.05, 3.63) is 70.8 Å². The van der Waals surface area contributed by atoms with Crippen molar-refractivity contribution in [1.82, 2.24) is 5.32 Å². The van der Waals surface area contributed by atoms with Gasteiger partial charge in [0.25, 0.3) is 5.91 Å². The van der Waals surface area contributed by atoms with Crippen molar-refractivity contribution in [3.8, 4) is 0 Å². The van der Waals surface area contributed by atoms with Crippen molar-refractivity contribution in [2.24, 2.45) is 0 Å². The predicted molar refractivity (Wildman–Crippen MR) is 137 cm³/mol. The third-order valence-corrected chi connectivity index (χ3v) is 7.01. The molecule has 2 fully saturated rings. The van der Waals surface area contributed by atoms with E-state index in [1.54, 1.807) is 19.9 Å². The van der Waals surface area contributed by atoms with Gasteiger partial charge in [-0.1, -0.05) is 42.0 Å². The van der Waals surface area contributed by atoms with Gasteiger partial charge in [0.1, 0.15) is 6.10 Å². The zero-order valence-corrected chi connectivity index (χ0v) is 22.7. The lowest BCUT2D eigenvalue weighted by Gasteiger charge is -2.43. The Morgan fingerprint density at radius 3 is 2.49 bits per heavy atom. The zero-order chi connectivity index (χ0) is 28.3. The number of carbonyl (C=O) groups is 1. The van der Waals surface area contributed by atoms with E-state index in [0.717, 1.165) is 23.3 Å². The van der Waals surface area contributed by atoms with E-state index in [4.69, 9.17) is 23.7 Å². The molecule has 4 rings (SSSR count). The number of alkyl halides is 3. The summed E-state index contributed by atoms with van der Waals surface area (Å²) < 4.78 is 69.9. The summed E-state index contributed by atoms with van der Waals surface area (Å²) in [5, 5.41) is 2.85. The van der Waals surface area contributed by atoms with Gasteiger partial charge in [-0.05, 0) is 44.0 Å². The van der Waals surface area contributed by atoms with E-state index in [-0.39, 0.29) is 32.6 Å². The quantitative estimate of drug-likeness (QED) is 0.422. The van der Waals surface area contributed by atoms with Crippen LogP contribution in [0.5, 0.6) is 0 Å². The fraction of sp³-hybridized carbons (Fsp3) is 0.552. The van der Waals surface area contributed by atoms with Gasteiger partial charge in [-0.3, -0.25) is 4.79 Å². The normalized spacial score (nSPS) is 26.3. The fourth-order valence-electron chi connectivity index (χ4n) is 5.08. The maximum Gasteiger partial charge on any atom is 0.416 e. The largest absolute Gasteiger partial charge is 0.416 e. The molecule has 0 spiro atoms. The van der Waals surface area contributed by atoms with Crippen LogP contribution in [0.2, 0.25) is 0 Å². The van der Waals surface area contributed by atoms with Crippen LogP contribution in [0.25, 0.3) is 0 Å². The number of hydrogen-bond acceptors (Lipinski definition) is 6. The Balaban J connectivity index is 1.60. The molecule has 2 aliphatic rings. The molecule has 10 heteroatoms. The SMILES string of the molecule is COCCNC(=O)[C@@]1(OCc2cccc(C(F)(F)F)c2)C[C@@H](OCc2ccc(C)cc2)[C@@H]2OC(C)(C)O[C@@H]2C1. The van der Waals surface area contributed by atoms with E-state index in [2.05, 4.69) is 5.32 Å². The smallest absolute Gasteiger partial charge is 0.383 e. The van der Waals surface area contributed by atoms with E-state index in [0.29, 0.717) is 12.2 Å². The Morgan fingerprint density at radius 1 is 1.05 bits per heavy atom. The summed E-state index contributed by atoms with van der Waals surface area (Å²) in [4.78, 5) is 13.6. The first-order valence-electron chi connectivity index (χ1n) is 13.0. The van der Waals surface area contributed by atoms with Gasteiger partial charge in [0.2, 0.25) is 0 Å². The molecule has 2 aromatic carbocycles. The lowest BCUT2D eigenvalue weighted by Crippen LogP contribution is -2.60. The van der Waals surface area contributed by atoms with Gasteiger partial charge < -0.3 is 29.0 Å². The van der Waals surface area contributed by atoms with E-state index in [1.165, 1.54) is 13.2 Å². The van der Waals surface area contributed by atoms with Crippen LogP contribution in [0.15, 0.2) is 48.5 Å². The minimum atomic E-state index is -4.49. The number of rotatable bonds is 10. The molecule has 214 valence electrons. The number of amides is 1. The minimum Gasteiger partial charge on any atom is -0.383 e.